The van der Waals surface area contributed by atoms with E-state index in [4.69, 9.17) is 16.2 Å². The Morgan fingerprint density at radius 1 is 1.09 bits per heavy atom. The van der Waals surface area contributed by atoms with Gasteiger partial charge in [-0.15, -0.1) is 0 Å². The van der Waals surface area contributed by atoms with E-state index in [1.54, 1.807) is 13.3 Å². The molecule has 1 aromatic carbocycles. The van der Waals surface area contributed by atoms with Gasteiger partial charge in [0, 0.05) is 24.2 Å². The Morgan fingerprint density at radius 2 is 1.91 bits per heavy atom. The number of ether oxygens (including phenoxy) is 1. The van der Waals surface area contributed by atoms with Crippen molar-refractivity contribution in [2.24, 2.45) is 0 Å². The summed E-state index contributed by atoms with van der Waals surface area (Å²) in [5.74, 6) is 0.912. The molecule has 0 unspecified atom stereocenters. The summed E-state index contributed by atoms with van der Waals surface area (Å²) in [4.78, 5) is 8.59. The molecule has 0 radical (unpaired) electrons. The Hall–Kier alpha value is -3.02. The second kappa shape index (κ2) is 5.40. The fourth-order valence-electron chi connectivity index (χ4n) is 2.37. The molecule has 0 aliphatic rings. The van der Waals surface area contributed by atoms with Gasteiger partial charge >= 0.3 is 0 Å². The van der Waals surface area contributed by atoms with Crippen LogP contribution in [0.15, 0.2) is 36.5 Å². The molecule has 6 nitrogen and oxygen atoms in total. The van der Waals surface area contributed by atoms with E-state index in [1.807, 2.05) is 37.4 Å². The van der Waals surface area contributed by atoms with Crippen LogP contribution < -0.4 is 21.5 Å². The summed E-state index contributed by atoms with van der Waals surface area (Å²) in [6, 6.07) is 9.75. The Bertz CT molecular complexity index is 847. The van der Waals surface area contributed by atoms with Gasteiger partial charge in [-0.3, -0.25) is 0 Å². The second-order valence-corrected chi connectivity index (χ2v) is 4.90. The highest BCUT2D eigenvalue weighted by atomic mass is 16.5. The van der Waals surface area contributed by atoms with Crippen LogP contribution in [0.2, 0.25) is 0 Å². The molecular formula is C16H17N5O. The molecule has 2 aromatic heterocycles. The topological polar surface area (TPSA) is 99.1 Å². The smallest absolute Gasteiger partial charge is 0.236 e. The summed E-state index contributed by atoms with van der Waals surface area (Å²) in [6.45, 7) is 0. The van der Waals surface area contributed by atoms with Crippen LogP contribution in [0.1, 0.15) is 0 Å². The number of pyridine rings is 2. The average Bonchev–Trinajstić information content (AvgIpc) is 2.53. The van der Waals surface area contributed by atoms with Crippen molar-refractivity contribution in [1.29, 1.82) is 0 Å². The largest absolute Gasteiger partial charge is 0.480 e. The fraction of sp³-hybridized carbons (Fsp3) is 0.125. The van der Waals surface area contributed by atoms with E-state index in [2.05, 4.69) is 15.3 Å². The van der Waals surface area contributed by atoms with Gasteiger partial charge in [-0.05, 0) is 29.8 Å². The van der Waals surface area contributed by atoms with Crippen LogP contribution in [0.25, 0.3) is 22.0 Å². The highest BCUT2D eigenvalue weighted by Gasteiger charge is 2.07. The van der Waals surface area contributed by atoms with E-state index >= 15 is 0 Å². The summed E-state index contributed by atoms with van der Waals surface area (Å²) < 4.78 is 5.08. The fourth-order valence-corrected chi connectivity index (χ4v) is 2.37. The lowest BCUT2D eigenvalue weighted by molar-refractivity contribution is 0.400. The molecule has 0 fully saturated rings. The molecular weight excluding hydrogens is 278 g/mol. The molecule has 5 N–H and O–H groups in total. The lowest BCUT2D eigenvalue weighted by Crippen LogP contribution is -1.99. The lowest BCUT2D eigenvalue weighted by atomic mass is 10.0. The number of anilines is 3. The molecule has 3 rings (SSSR count). The van der Waals surface area contributed by atoms with E-state index in [0.29, 0.717) is 17.4 Å². The van der Waals surface area contributed by atoms with E-state index in [9.17, 15) is 0 Å². The maximum Gasteiger partial charge on any atom is 0.236 e. The number of rotatable bonds is 3. The molecule has 22 heavy (non-hydrogen) atoms. The van der Waals surface area contributed by atoms with Crippen molar-refractivity contribution in [3.05, 3.63) is 36.5 Å². The maximum atomic E-state index is 5.92. The van der Waals surface area contributed by atoms with Gasteiger partial charge < -0.3 is 21.5 Å². The van der Waals surface area contributed by atoms with Crippen molar-refractivity contribution < 1.29 is 4.74 Å². The van der Waals surface area contributed by atoms with E-state index in [0.717, 1.165) is 27.7 Å². The number of nitrogens with two attached hydrogens (primary N) is 2. The first kappa shape index (κ1) is 13.9. The molecule has 0 aliphatic carbocycles. The molecule has 0 spiro atoms. The number of benzene rings is 1. The predicted octanol–water partition coefficient (Wildman–Crippen LogP) is 2.51. The Balaban J connectivity index is 2.11. The standard InChI is InChI=1S/C16H17N5O/c1-19-14-7-10-5-9(3-4-13(10)21-15(14)18)11-6-12(17)16(22-2)20-8-11/h3-8,19H,17H2,1-2H3,(H2,18,21). The number of nitrogen functional groups attached to an aromatic ring is 2. The van der Waals surface area contributed by atoms with Crippen molar-refractivity contribution in [2.75, 3.05) is 30.9 Å². The molecule has 0 bridgehead atoms. The van der Waals surface area contributed by atoms with Crippen LogP contribution in [-0.4, -0.2) is 24.1 Å². The Kier molecular flexibility index (Phi) is 3.42. The molecule has 2 heterocycles. The van der Waals surface area contributed by atoms with Crippen molar-refractivity contribution in [2.45, 2.75) is 0 Å². The number of nitrogens with zero attached hydrogens (tertiary/aromatic N) is 2. The minimum Gasteiger partial charge on any atom is -0.480 e. The summed E-state index contributed by atoms with van der Waals surface area (Å²) in [7, 11) is 3.36. The normalized spacial score (nSPS) is 10.6. The Morgan fingerprint density at radius 3 is 2.59 bits per heavy atom. The van der Waals surface area contributed by atoms with Crippen molar-refractivity contribution in [3.63, 3.8) is 0 Å². The van der Waals surface area contributed by atoms with Crippen LogP contribution in [-0.2, 0) is 0 Å². The third-order valence-electron chi connectivity index (χ3n) is 3.52. The highest BCUT2D eigenvalue weighted by Crippen LogP contribution is 2.29. The van der Waals surface area contributed by atoms with Gasteiger partial charge in [0.25, 0.3) is 0 Å². The van der Waals surface area contributed by atoms with E-state index in [1.165, 1.54) is 0 Å². The number of hydrogen-bond acceptors (Lipinski definition) is 6. The summed E-state index contributed by atoms with van der Waals surface area (Å²) >= 11 is 0. The second-order valence-electron chi connectivity index (χ2n) is 4.90. The van der Waals surface area contributed by atoms with Gasteiger partial charge in [-0.2, -0.15) is 0 Å². The van der Waals surface area contributed by atoms with Crippen molar-refractivity contribution in [1.82, 2.24) is 9.97 Å². The van der Waals surface area contributed by atoms with Crippen molar-refractivity contribution in [3.8, 4) is 17.0 Å². The molecule has 3 aromatic rings. The number of methoxy groups -OCH3 is 1. The first-order chi connectivity index (χ1) is 10.6. The van der Waals surface area contributed by atoms with E-state index < -0.39 is 0 Å². The van der Waals surface area contributed by atoms with Crippen LogP contribution in [0.3, 0.4) is 0 Å². The van der Waals surface area contributed by atoms with Gasteiger partial charge in [0.05, 0.1) is 24.0 Å². The maximum absolute atomic E-state index is 5.92. The first-order valence-corrected chi connectivity index (χ1v) is 6.80. The van der Waals surface area contributed by atoms with Crippen LogP contribution in [0.4, 0.5) is 17.2 Å². The molecule has 112 valence electrons. The zero-order valence-electron chi connectivity index (χ0n) is 12.4. The SMILES string of the molecule is CNc1cc2cc(-c3cnc(OC)c(N)c3)ccc2nc1N. The number of fused-ring (bicyclic) bond motifs is 1. The lowest BCUT2D eigenvalue weighted by Gasteiger charge is -2.09. The molecule has 0 atom stereocenters. The first-order valence-electron chi connectivity index (χ1n) is 6.80. The third kappa shape index (κ3) is 2.35. The number of hydrogen-bond donors (Lipinski definition) is 3. The zero-order chi connectivity index (χ0) is 15.7. The quantitative estimate of drug-likeness (QED) is 0.686. The van der Waals surface area contributed by atoms with Gasteiger partial charge in [-0.1, -0.05) is 6.07 Å². The molecule has 0 aliphatic heterocycles. The van der Waals surface area contributed by atoms with Gasteiger partial charge in [0.1, 0.15) is 5.82 Å². The summed E-state index contributed by atoms with van der Waals surface area (Å²) in [5, 5.41) is 4.03. The highest BCUT2D eigenvalue weighted by molar-refractivity contribution is 5.89. The Labute approximate surface area is 128 Å². The van der Waals surface area contributed by atoms with Crippen molar-refractivity contribution >= 4 is 28.1 Å². The molecule has 0 saturated carbocycles. The predicted molar refractivity (Wildman–Crippen MR) is 89.9 cm³/mol. The van der Waals surface area contributed by atoms with Gasteiger partial charge in [-0.25, -0.2) is 9.97 Å². The van der Waals surface area contributed by atoms with Gasteiger partial charge in [0.2, 0.25) is 5.88 Å². The molecule has 0 saturated heterocycles. The van der Waals surface area contributed by atoms with Crippen LogP contribution in [0.5, 0.6) is 5.88 Å². The van der Waals surface area contributed by atoms with E-state index in [-0.39, 0.29) is 0 Å². The minimum absolute atomic E-state index is 0.427. The van der Waals surface area contributed by atoms with Crippen LogP contribution >= 0.6 is 0 Å². The molecule has 6 heteroatoms. The average molecular weight is 295 g/mol. The number of aromatic nitrogens is 2. The zero-order valence-corrected chi connectivity index (χ0v) is 12.4. The van der Waals surface area contributed by atoms with Crippen LogP contribution in [0, 0.1) is 0 Å². The number of nitrogens with one attached hydrogen (secondary N) is 1. The minimum atomic E-state index is 0.427. The summed E-state index contributed by atoms with van der Waals surface area (Å²) in [5.41, 5.74) is 15.9. The summed E-state index contributed by atoms with van der Waals surface area (Å²) in [6.07, 6.45) is 1.74. The third-order valence-corrected chi connectivity index (χ3v) is 3.52. The monoisotopic (exact) mass is 295 g/mol. The van der Waals surface area contributed by atoms with Gasteiger partial charge in [0.15, 0.2) is 0 Å². The molecule has 0 amide bonds.